The summed E-state index contributed by atoms with van der Waals surface area (Å²) in [5.74, 6) is -0.213. The molecule has 1 saturated heterocycles. The van der Waals surface area contributed by atoms with E-state index in [0.29, 0.717) is 19.4 Å². The Morgan fingerprint density at radius 3 is 1.38 bits per heavy atom. The second-order valence-corrected chi connectivity index (χ2v) is 22.4. The molecule has 458 valence electrons. The molecule has 1 amide bonds. The van der Waals surface area contributed by atoms with E-state index in [9.17, 15) is 35.1 Å². The van der Waals surface area contributed by atoms with Crippen LogP contribution in [0.2, 0.25) is 0 Å². The molecule has 0 spiro atoms. The van der Waals surface area contributed by atoms with E-state index in [2.05, 4.69) is 79.9 Å². The fraction of sp³-hybridized carbons (Fsp3) is 0.794. The summed E-state index contributed by atoms with van der Waals surface area (Å²) in [6.45, 7) is 4.23. The third kappa shape index (κ3) is 46.3. The van der Waals surface area contributed by atoms with Crippen LogP contribution in [0.3, 0.4) is 0 Å². The minimum atomic E-state index is -1.58. The molecular formula is C68H121NO10. The van der Waals surface area contributed by atoms with Crippen molar-refractivity contribution < 1.29 is 49.3 Å². The SMILES string of the molecule is CCC/C=C\C/C=C\CCCCCCCC(=O)OCCCCCCCCCCC/C=C\C/C=C\CCCCCCCCCCCCCC(=O)NC(COC1OC(CO)C(O)C(O)C1O)C(O)/C=C/CC/C=C/CCCCCCC. The smallest absolute Gasteiger partial charge is 0.305 e. The fourth-order valence-corrected chi connectivity index (χ4v) is 9.81. The molecule has 6 N–H and O–H groups in total. The van der Waals surface area contributed by atoms with Gasteiger partial charge >= 0.3 is 5.97 Å². The zero-order chi connectivity index (χ0) is 57.3. The highest BCUT2D eigenvalue weighted by Crippen LogP contribution is 2.23. The Labute approximate surface area is 483 Å². The number of esters is 1. The molecule has 0 aliphatic carbocycles. The van der Waals surface area contributed by atoms with Crippen LogP contribution >= 0.6 is 0 Å². The van der Waals surface area contributed by atoms with Gasteiger partial charge in [0, 0.05) is 12.8 Å². The molecule has 79 heavy (non-hydrogen) atoms. The fourth-order valence-electron chi connectivity index (χ4n) is 9.81. The molecule has 0 aromatic rings. The molecule has 1 aliphatic rings. The van der Waals surface area contributed by atoms with Crippen molar-refractivity contribution in [1.82, 2.24) is 5.32 Å². The molecule has 11 heteroatoms. The molecule has 1 heterocycles. The van der Waals surface area contributed by atoms with Crippen LogP contribution in [0.15, 0.2) is 72.9 Å². The van der Waals surface area contributed by atoms with Crippen LogP contribution in [0.4, 0.5) is 0 Å². The zero-order valence-electron chi connectivity index (χ0n) is 50.6. The van der Waals surface area contributed by atoms with Gasteiger partial charge in [0.1, 0.15) is 24.4 Å². The Morgan fingerprint density at radius 2 is 0.886 bits per heavy atom. The molecule has 1 rings (SSSR count). The summed E-state index contributed by atoms with van der Waals surface area (Å²) in [6.07, 6.45) is 65.9. The van der Waals surface area contributed by atoms with Crippen molar-refractivity contribution in [2.45, 2.75) is 326 Å². The lowest BCUT2D eigenvalue weighted by molar-refractivity contribution is -0.302. The molecule has 0 saturated carbocycles. The lowest BCUT2D eigenvalue weighted by Crippen LogP contribution is -2.60. The van der Waals surface area contributed by atoms with E-state index in [0.717, 1.165) is 89.9 Å². The molecule has 1 aliphatic heterocycles. The first kappa shape index (κ1) is 74.1. The largest absolute Gasteiger partial charge is 0.466 e. The second kappa shape index (κ2) is 56.9. The van der Waals surface area contributed by atoms with Gasteiger partial charge in [-0.2, -0.15) is 0 Å². The lowest BCUT2D eigenvalue weighted by atomic mass is 9.99. The van der Waals surface area contributed by atoms with Crippen molar-refractivity contribution in [3.05, 3.63) is 72.9 Å². The molecule has 0 aromatic carbocycles. The maximum Gasteiger partial charge on any atom is 0.305 e. The maximum atomic E-state index is 13.0. The first-order chi connectivity index (χ1) is 38.7. The summed E-state index contributed by atoms with van der Waals surface area (Å²) in [6, 6.07) is -0.831. The minimum Gasteiger partial charge on any atom is -0.466 e. The summed E-state index contributed by atoms with van der Waals surface area (Å²) in [4.78, 5) is 25.1. The predicted molar refractivity (Wildman–Crippen MR) is 329 cm³/mol. The van der Waals surface area contributed by atoms with E-state index in [4.69, 9.17) is 14.2 Å². The molecule has 7 unspecified atom stereocenters. The first-order valence-electron chi connectivity index (χ1n) is 32.7. The van der Waals surface area contributed by atoms with Gasteiger partial charge in [0.15, 0.2) is 6.29 Å². The number of nitrogens with one attached hydrogen (secondary N) is 1. The van der Waals surface area contributed by atoms with E-state index in [1.165, 1.54) is 167 Å². The van der Waals surface area contributed by atoms with Crippen LogP contribution in [0.25, 0.3) is 0 Å². The Morgan fingerprint density at radius 1 is 0.468 bits per heavy atom. The second-order valence-electron chi connectivity index (χ2n) is 22.4. The monoisotopic (exact) mass is 1110 g/mol. The van der Waals surface area contributed by atoms with Crippen LogP contribution < -0.4 is 5.32 Å². The first-order valence-corrected chi connectivity index (χ1v) is 32.7. The van der Waals surface area contributed by atoms with E-state index in [-0.39, 0.29) is 18.5 Å². The Hall–Kier alpha value is -2.90. The molecular weight excluding hydrogens is 991 g/mol. The molecule has 0 bridgehead atoms. The number of aliphatic hydroxyl groups is 5. The number of rotatable bonds is 56. The number of unbranched alkanes of at least 4 members (excludes halogenated alkanes) is 32. The molecule has 0 aromatic heterocycles. The van der Waals surface area contributed by atoms with Crippen molar-refractivity contribution in [1.29, 1.82) is 0 Å². The quantitative estimate of drug-likeness (QED) is 0.0195. The summed E-state index contributed by atoms with van der Waals surface area (Å²) >= 11 is 0. The lowest BCUT2D eigenvalue weighted by Gasteiger charge is -2.40. The van der Waals surface area contributed by atoms with Crippen molar-refractivity contribution in [2.24, 2.45) is 0 Å². The van der Waals surface area contributed by atoms with Crippen LogP contribution in [0.1, 0.15) is 284 Å². The highest BCUT2D eigenvalue weighted by Gasteiger charge is 2.44. The number of carbonyl (C=O) groups excluding carboxylic acids is 2. The van der Waals surface area contributed by atoms with Gasteiger partial charge in [0.2, 0.25) is 5.91 Å². The number of ether oxygens (including phenoxy) is 3. The van der Waals surface area contributed by atoms with E-state index in [1.54, 1.807) is 6.08 Å². The highest BCUT2D eigenvalue weighted by atomic mass is 16.7. The number of hydrogen-bond donors (Lipinski definition) is 6. The number of amides is 1. The highest BCUT2D eigenvalue weighted by molar-refractivity contribution is 5.76. The van der Waals surface area contributed by atoms with E-state index < -0.39 is 49.5 Å². The number of aliphatic hydroxyl groups excluding tert-OH is 5. The van der Waals surface area contributed by atoms with Crippen molar-refractivity contribution in [2.75, 3.05) is 19.8 Å². The van der Waals surface area contributed by atoms with Crippen LogP contribution in [0.5, 0.6) is 0 Å². The van der Waals surface area contributed by atoms with Gasteiger partial charge in [-0.3, -0.25) is 9.59 Å². The molecule has 0 radical (unpaired) electrons. The van der Waals surface area contributed by atoms with Gasteiger partial charge in [-0.1, -0.05) is 241 Å². The molecule has 11 nitrogen and oxygen atoms in total. The van der Waals surface area contributed by atoms with Crippen molar-refractivity contribution in [3.8, 4) is 0 Å². The summed E-state index contributed by atoms with van der Waals surface area (Å²) in [5, 5.41) is 54.3. The van der Waals surface area contributed by atoms with E-state index in [1.807, 2.05) is 6.08 Å². The van der Waals surface area contributed by atoms with Gasteiger partial charge in [0.05, 0.1) is 32.0 Å². The average Bonchev–Trinajstić information content (AvgIpc) is 3.48. The third-order valence-electron chi connectivity index (χ3n) is 15.0. The van der Waals surface area contributed by atoms with Gasteiger partial charge in [-0.15, -0.1) is 0 Å². The molecule has 1 fully saturated rings. The van der Waals surface area contributed by atoms with Crippen LogP contribution in [-0.2, 0) is 23.8 Å². The summed E-state index contributed by atoms with van der Waals surface area (Å²) in [5.41, 5.74) is 0. The number of allylic oxidation sites excluding steroid dienone is 11. The average molecular weight is 1110 g/mol. The Kier molecular flexibility index (Phi) is 53.4. The predicted octanol–water partition coefficient (Wildman–Crippen LogP) is 16.0. The number of hydrogen-bond acceptors (Lipinski definition) is 10. The topological polar surface area (TPSA) is 175 Å². The maximum absolute atomic E-state index is 13.0. The van der Waals surface area contributed by atoms with Crippen molar-refractivity contribution >= 4 is 11.9 Å². The van der Waals surface area contributed by atoms with Gasteiger partial charge in [-0.05, 0) is 103 Å². The minimum absolute atomic E-state index is 0.0155. The number of carbonyl (C=O) groups is 2. The van der Waals surface area contributed by atoms with Gasteiger partial charge in [-0.25, -0.2) is 0 Å². The Balaban J connectivity index is 2.01. The Bertz CT molecular complexity index is 1540. The summed E-state index contributed by atoms with van der Waals surface area (Å²) < 4.78 is 16.7. The van der Waals surface area contributed by atoms with E-state index >= 15 is 0 Å². The third-order valence-corrected chi connectivity index (χ3v) is 15.0. The zero-order valence-corrected chi connectivity index (χ0v) is 50.6. The summed E-state index contributed by atoms with van der Waals surface area (Å²) in [7, 11) is 0. The van der Waals surface area contributed by atoms with Gasteiger partial charge in [0.25, 0.3) is 0 Å². The van der Waals surface area contributed by atoms with Crippen molar-refractivity contribution in [3.63, 3.8) is 0 Å². The molecule has 7 atom stereocenters. The normalized spacial score (nSPS) is 18.9. The van der Waals surface area contributed by atoms with Gasteiger partial charge < -0.3 is 45.1 Å². The van der Waals surface area contributed by atoms with Crippen LogP contribution in [-0.4, -0.2) is 100 Å². The standard InChI is InChI=1S/C68H121NO10/c1-3-5-7-9-11-13-15-31-36-40-44-48-52-56-64(73)77-57-53-49-45-41-37-33-30-28-26-24-22-20-18-16-17-19-21-23-25-27-29-32-35-39-43-47-51-55-63(72)69-60(59-78-68-67(76)66(75)65(74)62(58-70)79-68)61(71)54-50-46-42-38-34-14-12-10-8-6-4-2/h7,9,13,15-17,20,22,34,38,50,54,60-62,65-68,70-71,74-76H,3-6,8,10-12,14,18-19,21,23-33,35-37,39-49,51-53,55-59H2,1-2H3,(H,69,72)/b9-7-,15-13-,17-16-,22-20-,38-34+,54-50+. The van der Waals surface area contributed by atoms with Crippen LogP contribution in [0, 0.1) is 0 Å².